The third-order valence-electron chi connectivity index (χ3n) is 4.48. The third-order valence-corrected chi connectivity index (χ3v) is 5.91. The summed E-state index contributed by atoms with van der Waals surface area (Å²) < 4.78 is 27.4. The van der Waals surface area contributed by atoms with Crippen LogP contribution in [0.25, 0.3) is 0 Å². The molecule has 1 aliphatic heterocycles. The molecule has 0 bridgehead atoms. The second-order valence-electron chi connectivity index (χ2n) is 7.21. The van der Waals surface area contributed by atoms with Gasteiger partial charge in [0, 0.05) is 5.92 Å². The van der Waals surface area contributed by atoms with Crippen LogP contribution in [0.15, 0.2) is 11.0 Å². The monoisotopic (exact) mass is 377 g/mol. The largest absolute Gasteiger partial charge is 0.410 e. The van der Waals surface area contributed by atoms with Crippen LogP contribution in [0.4, 0.5) is 10.2 Å². The quantitative estimate of drug-likeness (QED) is 0.630. The zero-order valence-electron chi connectivity index (χ0n) is 14.7. The van der Waals surface area contributed by atoms with Crippen LogP contribution in [0, 0.1) is 11.7 Å². The molecule has 0 spiro atoms. The molecule has 24 heavy (non-hydrogen) atoms. The van der Waals surface area contributed by atoms with Crippen LogP contribution in [-0.4, -0.2) is 35.5 Å². The van der Waals surface area contributed by atoms with E-state index in [2.05, 4.69) is 4.98 Å². The Bertz CT molecular complexity index is 660. The minimum atomic E-state index is -1.95. The molecule has 9 heteroatoms. The number of nitrogens with zero attached hydrogens (tertiary/aromatic N) is 2. The first-order valence-electron chi connectivity index (χ1n) is 8.00. The predicted molar refractivity (Wildman–Crippen MR) is 94.1 cm³/mol. The SMILES string of the molecule is CC[C@@]1(CCl)O[C@@H](n2cc(F)c(N)nc2=O)[C@@H](O[Si](C)(C)C)[C@@H]1C. The van der Waals surface area contributed by atoms with Crippen LogP contribution >= 0.6 is 11.6 Å². The second kappa shape index (κ2) is 6.74. The summed E-state index contributed by atoms with van der Waals surface area (Å²) >= 11 is 6.18. The lowest BCUT2D eigenvalue weighted by molar-refractivity contribution is -0.0834. The highest BCUT2D eigenvalue weighted by molar-refractivity contribution is 6.69. The number of anilines is 1. The van der Waals surface area contributed by atoms with E-state index in [0.29, 0.717) is 6.42 Å². The van der Waals surface area contributed by atoms with E-state index in [4.69, 9.17) is 26.5 Å². The predicted octanol–water partition coefficient (Wildman–Crippen LogP) is 2.74. The first-order valence-corrected chi connectivity index (χ1v) is 11.9. The summed E-state index contributed by atoms with van der Waals surface area (Å²) in [4.78, 5) is 15.8. The summed E-state index contributed by atoms with van der Waals surface area (Å²) in [6.07, 6.45) is 0.473. The highest BCUT2D eigenvalue weighted by Crippen LogP contribution is 2.46. The van der Waals surface area contributed by atoms with Crippen molar-refractivity contribution in [1.82, 2.24) is 9.55 Å². The van der Waals surface area contributed by atoms with Crippen LogP contribution < -0.4 is 11.4 Å². The fraction of sp³-hybridized carbons (Fsp3) is 0.733. The lowest BCUT2D eigenvalue weighted by atomic mass is 9.86. The zero-order chi connectivity index (χ0) is 18.3. The van der Waals surface area contributed by atoms with E-state index in [1.54, 1.807) is 0 Å². The van der Waals surface area contributed by atoms with Crippen LogP contribution in [-0.2, 0) is 9.16 Å². The molecule has 1 aromatic heterocycles. The van der Waals surface area contributed by atoms with Gasteiger partial charge in [-0.3, -0.25) is 4.57 Å². The van der Waals surface area contributed by atoms with Crippen molar-refractivity contribution in [3.63, 3.8) is 0 Å². The van der Waals surface area contributed by atoms with Gasteiger partial charge in [0.1, 0.15) is 0 Å². The Morgan fingerprint density at radius 3 is 2.67 bits per heavy atom. The fourth-order valence-corrected chi connectivity index (χ4v) is 4.67. The number of halogens is 2. The van der Waals surface area contributed by atoms with E-state index in [1.807, 2.05) is 33.5 Å². The third kappa shape index (κ3) is 3.51. The molecule has 2 heterocycles. The van der Waals surface area contributed by atoms with Gasteiger partial charge in [0.05, 0.1) is 23.8 Å². The van der Waals surface area contributed by atoms with Crippen molar-refractivity contribution >= 4 is 25.7 Å². The van der Waals surface area contributed by atoms with Crippen molar-refractivity contribution in [3.05, 3.63) is 22.5 Å². The molecule has 0 unspecified atom stereocenters. The Labute approximate surface area is 147 Å². The average molecular weight is 378 g/mol. The topological polar surface area (TPSA) is 79.4 Å². The maximum atomic E-state index is 13.9. The molecule has 4 atom stereocenters. The van der Waals surface area contributed by atoms with E-state index < -0.39 is 43.6 Å². The van der Waals surface area contributed by atoms with Crippen molar-refractivity contribution in [2.24, 2.45) is 5.92 Å². The van der Waals surface area contributed by atoms with Gasteiger partial charge in [-0.25, -0.2) is 9.18 Å². The molecule has 6 nitrogen and oxygen atoms in total. The first kappa shape index (κ1) is 19.4. The summed E-state index contributed by atoms with van der Waals surface area (Å²) in [7, 11) is -1.95. The van der Waals surface area contributed by atoms with Crippen LogP contribution in [0.3, 0.4) is 0 Å². The molecule has 2 rings (SSSR count). The van der Waals surface area contributed by atoms with Gasteiger partial charge < -0.3 is 14.9 Å². The standard InChI is InChI=1S/C15H25ClFN3O3Si/c1-6-15(8-16)9(2)11(23-24(3,4)5)13(22-15)20-7-10(17)12(18)19-14(20)21/h7,9,11,13H,6,8H2,1-5H3,(H2,18,19,21)/t9-,11-,13+,15-/m0/s1. The number of aromatic nitrogens is 2. The number of nitrogen functional groups attached to an aromatic ring is 1. The summed E-state index contributed by atoms with van der Waals surface area (Å²) in [5, 5.41) is 0. The van der Waals surface area contributed by atoms with Crippen LogP contribution in [0.2, 0.25) is 19.6 Å². The Morgan fingerprint density at radius 2 is 2.17 bits per heavy atom. The highest BCUT2D eigenvalue weighted by Gasteiger charge is 2.53. The molecule has 0 radical (unpaired) electrons. The van der Waals surface area contributed by atoms with Crippen molar-refractivity contribution in [2.75, 3.05) is 11.6 Å². The van der Waals surface area contributed by atoms with Gasteiger partial charge in [0.2, 0.25) is 0 Å². The Morgan fingerprint density at radius 1 is 1.54 bits per heavy atom. The van der Waals surface area contributed by atoms with Gasteiger partial charge in [0.15, 0.2) is 26.2 Å². The van der Waals surface area contributed by atoms with Crippen molar-refractivity contribution < 1.29 is 13.6 Å². The molecule has 1 saturated heterocycles. The normalized spacial score (nSPS) is 30.7. The number of alkyl halides is 1. The van der Waals surface area contributed by atoms with E-state index in [-0.39, 0.29) is 11.8 Å². The van der Waals surface area contributed by atoms with Gasteiger partial charge in [-0.15, -0.1) is 11.6 Å². The van der Waals surface area contributed by atoms with Crippen LogP contribution in [0.5, 0.6) is 0 Å². The molecule has 0 saturated carbocycles. The zero-order valence-corrected chi connectivity index (χ0v) is 16.4. The molecule has 1 fully saturated rings. The molecule has 1 aliphatic rings. The smallest absolute Gasteiger partial charge is 0.351 e. The lowest BCUT2D eigenvalue weighted by Crippen LogP contribution is -2.43. The number of hydrogen-bond acceptors (Lipinski definition) is 5. The molecular formula is C15H25ClFN3O3Si. The molecular weight excluding hydrogens is 353 g/mol. The summed E-state index contributed by atoms with van der Waals surface area (Å²) in [5.74, 6) is -1.00. The summed E-state index contributed by atoms with van der Waals surface area (Å²) in [6, 6.07) is 0. The number of nitrogens with two attached hydrogens (primary N) is 1. The molecule has 136 valence electrons. The summed E-state index contributed by atoms with van der Waals surface area (Å²) in [6.45, 7) is 10.1. The van der Waals surface area contributed by atoms with Crippen LogP contribution in [0.1, 0.15) is 26.5 Å². The minimum Gasteiger partial charge on any atom is -0.410 e. The van der Waals surface area contributed by atoms with E-state index in [1.165, 1.54) is 0 Å². The first-order chi connectivity index (χ1) is 11.0. The fourth-order valence-electron chi connectivity index (χ4n) is 3.04. The Balaban J connectivity index is 2.53. The van der Waals surface area contributed by atoms with Gasteiger partial charge in [0.25, 0.3) is 0 Å². The number of hydrogen-bond donors (Lipinski definition) is 1. The Kier molecular flexibility index (Phi) is 5.44. The maximum Gasteiger partial charge on any atom is 0.351 e. The maximum absolute atomic E-state index is 13.9. The molecule has 0 aromatic carbocycles. The van der Waals surface area contributed by atoms with Crippen molar-refractivity contribution in [2.45, 2.75) is 57.8 Å². The molecule has 0 aliphatic carbocycles. The summed E-state index contributed by atoms with van der Waals surface area (Å²) in [5.41, 5.74) is 4.06. The highest BCUT2D eigenvalue weighted by atomic mass is 35.5. The minimum absolute atomic E-state index is 0.0655. The number of rotatable bonds is 5. The van der Waals surface area contributed by atoms with Gasteiger partial charge in [-0.05, 0) is 26.1 Å². The average Bonchev–Trinajstić information content (AvgIpc) is 2.75. The number of ether oxygens (including phenoxy) is 1. The van der Waals surface area contributed by atoms with Gasteiger partial charge >= 0.3 is 5.69 Å². The van der Waals surface area contributed by atoms with Crippen molar-refractivity contribution in [3.8, 4) is 0 Å². The molecule has 2 N–H and O–H groups in total. The second-order valence-corrected chi connectivity index (χ2v) is 11.9. The van der Waals surface area contributed by atoms with E-state index in [0.717, 1.165) is 10.8 Å². The van der Waals surface area contributed by atoms with Crippen molar-refractivity contribution in [1.29, 1.82) is 0 Å². The van der Waals surface area contributed by atoms with Gasteiger partial charge in [-0.1, -0.05) is 13.8 Å². The molecule has 1 aromatic rings. The lowest BCUT2D eigenvalue weighted by Gasteiger charge is -2.32. The van der Waals surface area contributed by atoms with E-state index in [9.17, 15) is 9.18 Å². The Hall–Kier alpha value is -0.963. The van der Waals surface area contributed by atoms with E-state index >= 15 is 0 Å². The molecule has 0 amide bonds. The van der Waals surface area contributed by atoms with Gasteiger partial charge in [-0.2, -0.15) is 4.98 Å².